The van der Waals surface area contributed by atoms with Crippen LogP contribution in [0.25, 0.3) is 0 Å². The molecule has 0 aliphatic rings. The Morgan fingerprint density at radius 1 is 1.00 bits per heavy atom. The molecule has 1 heterocycles. The summed E-state index contributed by atoms with van der Waals surface area (Å²) in [6, 6.07) is 8.28. The number of carbonyl (C=O) groups is 2. The number of carbonyl (C=O) groups excluding carboxylic acids is 2. The van der Waals surface area contributed by atoms with Crippen molar-refractivity contribution in [2.24, 2.45) is 5.73 Å². The number of primary amides is 1. The molecule has 35 heavy (non-hydrogen) atoms. The predicted octanol–water partition coefficient (Wildman–Crippen LogP) is 5.80. The molecule has 0 aliphatic heterocycles. The Morgan fingerprint density at radius 2 is 1.71 bits per heavy atom. The summed E-state index contributed by atoms with van der Waals surface area (Å²) in [5, 5.41) is 1.89. The standard InChI is InChI=1S/C21H12ClF6N3O4/c22-15-8-13(35-21(26,27)28)4-5-16(15)34-19-14(7-11(9-30-19)20(23,24)25)18(33)31-12-3-1-2-10(6-12)17(29)32/h1-9H,(H2,29,32)(H,31,33). The molecule has 0 spiro atoms. The Hall–Kier alpha value is -4.00. The van der Waals surface area contributed by atoms with Gasteiger partial charge in [0.05, 0.1) is 10.6 Å². The lowest BCUT2D eigenvalue weighted by Crippen LogP contribution is -2.17. The van der Waals surface area contributed by atoms with Crippen LogP contribution in [-0.4, -0.2) is 23.2 Å². The monoisotopic (exact) mass is 519 g/mol. The van der Waals surface area contributed by atoms with Gasteiger partial charge in [-0.2, -0.15) is 13.2 Å². The summed E-state index contributed by atoms with van der Waals surface area (Å²) in [5.74, 6) is -3.54. The van der Waals surface area contributed by atoms with E-state index in [9.17, 15) is 35.9 Å². The maximum Gasteiger partial charge on any atom is 0.573 e. The third kappa shape index (κ3) is 6.76. The number of halogens is 7. The van der Waals surface area contributed by atoms with Gasteiger partial charge < -0.3 is 20.5 Å². The van der Waals surface area contributed by atoms with Gasteiger partial charge in [-0.25, -0.2) is 4.98 Å². The first kappa shape index (κ1) is 25.6. The van der Waals surface area contributed by atoms with Crippen molar-refractivity contribution in [2.45, 2.75) is 12.5 Å². The molecule has 0 radical (unpaired) electrons. The van der Waals surface area contributed by atoms with Gasteiger partial charge in [-0.15, -0.1) is 13.2 Å². The minimum Gasteiger partial charge on any atom is -0.437 e. The largest absolute Gasteiger partial charge is 0.573 e. The second-order valence-electron chi connectivity index (χ2n) is 6.72. The van der Waals surface area contributed by atoms with Crippen LogP contribution in [0.2, 0.25) is 5.02 Å². The topological polar surface area (TPSA) is 104 Å². The molecule has 7 nitrogen and oxygen atoms in total. The number of pyridine rings is 1. The minimum absolute atomic E-state index is 0.0226. The van der Waals surface area contributed by atoms with Crippen LogP contribution >= 0.6 is 11.6 Å². The summed E-state index contributed by atoms with van der Waals surface area (Å²) in [6.45, 7) is 0. The van der Waals surface area contributed by atoms with Crippen LogP contribution in [0.1, 0.15) is 26.3 Å². The number of ether oxygens (including phenoxy) is 2. The van der Waals surface area contributed by atoms with Gasteiger partial charge in [-0.1, -0.05) is 17.7 Å². The third-order valence-corrected chi connectivity index (χ3v) is 4.47. The Balaban J connectivity index is 1.96. The Morgan fingerprint density at radius 3 is 2.31 bits per heavy atom. The van der Waals surface area contributed by atoms with Crippen molar-refractivity contribution >= 4 is 29.1 Å². The van der Waals surface area contributed by atoms with Gasteiger partial charge in [0.25, 0.3) is 5.91 Å². The lowest BCUT2D eigenvalue weighted by Gasteiger charge is -2.15. The summed E-state index contributed by atoms with van der Waals surface area (Å²) in [7, 11) is 0. The number of hydrogen-bond acceptors (Lipinski definition) is 5. The number of benzene rings is 2. The van der Waals surface area contributed by atoms with Crippen molar-refractivity contribution in [3.05, 3.63) is 76.4 Å². The van der Waals surface area contributed by atoms with Gasteiger partial charge in [0, 0.05) is 23.5 Å². The summed E-state index contributed by atoms with van der Waals surface area (Å²) in [4.78, 5) is 27.6. The van der Waals surface area contributed by atoms with Gasteiger partial charge in [-0.3, -0.25) is 9.59 Å². The van der Waals surface area contributed by atoms with Gasteiger partial charge in [-0.05, 0) is 36.4 Å². The second-order valence-corrected chi connectivity index (χ2v) is 7.12. The molecule has 3 N–H and O–H groups in total. The lowest BCUT2D eigenvalue weighted by atomic mass is 10.1. The van der Waals surface area contributed by atoms with E-state index >= 15 is 0 Å². The van der Waals surface area contributed by atoms with Crippen LogP contribution in [-0.2, 0) is 6.18 Å². The van der Waals surface area contributed by atoms with E-state index in [-0.39, 0.29) is 17.0 Å². The fourth-order valence-corrected chi connectivity index (χ4v) is 2.87. The molecule has 0 saturated carbocycles. The van der Waals surface area contributed by atoms with Crippen molar-refractivity contribution in [3.8, 4) is 17.4 Å². The van der Waals surface area contributed by atoms with Crippen LogP contribution in [0, 0.1) is 0 Å². The maximum absolute atomic E-state index is 13.2. The highest BCUT2D eigenvalue weighted by atomic mass is 35.5. The fraction of sp³-hybridized carbons (Fsp3) is 0.0952. The van der Waals surface area contributed by atoms with E-state index in [4.69, 9.17) is 22.1 Å². The first-order valence-corrected chi connectivity index (χ1v) is 9.62. The van der Waals surface area contributed by atoms with Crippen molar-refractivity contribution < 1.29 is 45.4 Å². The zero-order valence-electron chi connectivity index (χ0n) is 17.0. The average Bonchev–Trinajstić information content (AvgIpc) is 2.74. The summed E-state index contributed by atoms with van der Waals surface area (Å²) >= 11 is 5.90. The van der Waals surface area contributed by atoms with Crippen molar-refractivity contribution in [1.82, 2.24) is 4.98 Å². The Kier molecular flexibility index (Phi) is 7.10. The van der Waals surface area contributed by atoms with E-state index in [0.29, 0.717) is 12.3 Å². The number of alkyl halides is 6. The number of nitrogens with two attached hydrogens (primary N) is 1. The van der Waals surface area contributed by atoms with Crippen LogP contribution in [0.5, 0.6) is 17.4 Å². The van der Waals surface area contributed by atoms with Crippen molar-refractivity contribution in [2.75, 3.05) is 5.32 Å². The van der Waals surface area contributed by atoms with Crippen LogP contribution in [0.3, 0.4) is 0 Å². The van der Waals surface area contributed by atoms with Gasteiger partial charge in [0.15, 0.2) is 0 Å². The molecule has 184 valence electrons. The number of rotatable bonds is 6. The van der Waals surface area contributed by atoms with Crippen LogP contribution < -0.4 is 20.5 Å². The van der Waals surface area contributed by atoms with E-state index in [2.05, 4.69) is 15.0 Å². The predicted molar refractivity (Wildman–Crippen MR) is 110 cm³/mol. The summed E-state index contributed by atoms with van der Waals surface area (Å²) in [6.07, 6.45) is -9.45. The normalized spacial score (nSPS) is 11.6. The molecule has 0 unspecified atom stereocenters. The van der Waals surface area contributed by atoms with Gasteiger partial charge >= 0.3 is 12.5 Å². The number of hydrogen-bond donors (Lipinski definition) is 2. The number of aromatic nitrogens is 1. The molecule has 0 aliphatic carbocycles. The third-order valence-electron chi connectivity index (χ3n) is 4.17. The average molecular weight is 520 g/mol. The molecule has 14 heteroatoms. The molecular weight excluding hydrogens is 508 g/mol. The quantitative estimate of drug-likeness (QED) is 0.401. The first-order valence-electron chi connectivity index (χ1n) is 9.24. The number of amides is 2. The van der Waals surface area contributed by atoms with E-state index < -0.39 is 52.1 Å². The molecule has 0 bridgehead atoms. The van der Waals surface area contributed by atoms with Crippen molar-refractivity contribution in [1.29, 1.82) is 0 Å². The van der Waals surface area contributed by atoms with Gasteiger partial charge in [0.2, 0.25) is 11.8 Å². The summed E-state index contributed by atoms with van der Waals surface area (Å²) < 4.78 is 85.8. The molecule has 2 amide bonds. The minimum atomic E-state index is -4.99. The highest BCUT2D eigenvalue weighted by molar-refractivity contribution is 6.32. The first-order chi connectivity index (χ1) is 16.2. The Bertz CT molecular complexity index is 1280. The SMILES string of the molecule is NC(=O)c1cccc(NC(=O)c2cc(C(F)(F)F)cnc2Oc2ccc(OC(F)(F)F)cc2Cl)c1. The molecule has 0 fully saturated rings. The van der Waals surface area contributed by atoms with Crippen LogP contribution in [0.15, 0.2) is 54.7 Å². The molecule has 3 rings (SSSR count). The number of anilines is 1. The smallest absolute Gasteiger partial charge is 0.437 e. The van der Waals surface area contributed by atoms with E-state index in [1.807, 2.05) is 0 Å². The molecule has 1 aromatic heterocycles. The highest BCUT2D eigenvalue weighted by Crippen LogP contribution is 2.37. The molecule has 0 atom stereocenters. The fourth-order valence-electron chi connectivity index (χ4n) is 2.67. The number of nitrogens with one attached hydrogen (secondary N) is 1. The van der Waals surface area contributed by atoms with Crippen LogP contribution in [0.4, 0.5) is 32.0 Å². The Labute approximate surface area is 197 Å². The van der Waals surface area contributed by atoms with Crippen molar-refractivity contribution in [3.63, 3.8) is 0 Å². The summed E-state index contributed by atoms with van der Waals surface area (Å²) in [5.41, 5.74) is 3.26. The van der Waals surface area contributed by atoms with E-state index in [1.54, 1.807) is 0 Å². The second kappa shape index (κ2) is 9.70. The molecular formula is C21H12ClF6N3O4. The molecule has 2 aromatic carbocycles. The molecule has 3 aromatic rings. The highest BCUT2D eigenvalue weighted by Gasteiger charge is 2.34. The lowest BCUT2D eigenvalue weighted by molar-refractivity contribution is -0.274. The zero-order valence-corrected chi connectivity index (χ0v) is 17.8. The number of nitrogens with zero attached hydrogens (tertiary/aromatic N) is 1. The maximum atomic E-state index is 13.2. The zero-order chi connectivity index (χ0) is 26.0. The molecule has 0 saturated heterocycles. The van der Waals surface area contributed by atoms with E-state index in [0.717, 1.165) is 18.2 Å². The van der Waals surface area contributed by atoms with Gasteiger partial charge in [0.1, 0.15) is 17.1 Å². The van der Waals surface area contributed by atoms with E-state index in [1.165, 1.54) is 24.3 Å².